The number of nitrogens with zero attached hydrogens (tertiary/aromatic N) is 2. The van der Waals surface area contributed by atoms with Gasteiger partial charge in [0.25, 0.3) is 0 Å². The second-order valence-electron chi connectivity index (χ2n) is 12.3. The van der Waals surface area contributed by atoms with Gasteiger partial charge < -0.3 is 25.6 Å². The molecule has 0 aliphatic heterocycles. The van der Waals surface area contributed by atoms with Crippen molar-refractivity contribution in [2.24, 2.45) is 5.73 Å². The fourth-order valence-corrected chi connectivity index (χ4v) is 7.47. The van der Waals surface area contributed by atoms with Crippen molar-refractivity contribution in [3.8, 4) is 32.4 Å². The number of carboxylic acids is 1. The summed E-state index contributed by atoms with van der Waals surface area (Å²) in [5.74, 6) is -0.00765. The number of ketones is 2. The highest BCUT2D eigenvalue weighted by Crippen LogP contribution is 2.35. The first kappa shape index (κ1) is 48.3. The Morgan fingerprint density at radius 1 is 0.689 bits per heavy atom. The number of ether oxygens (including phenoxy) is 2. The predicted octanol–water partition coefficient (Wildman–Crippen LogP) is 11.0. The van der Waals surface area contributed by atoms with Crippen LogP contribution in [0, 0.1) is 0 Å². The molecule has 0 aliphatic carbocycles. The van der Waals surface area contributed by atoms with E-state index in [1.54, 1.807) is 74.8 Å². The van der Waals surface area contributed by atoms with Crippen molar-refractivity contribution in [1.82, 2.24) is 15.3 Å². The molecule has 4 N–H and O–H groups in total. The van der Waals surface area contributed by atoms with Gasteiger partial charge in [0.05, 0.1) is 26.3 Å². The van der Waals surface area contributed by atoms with Crippen LogP contribution in [0.1, 0.15) is 44.3 Å². The molecule has 11 nitrogen and oxygen atoms in total. The van der Waals surface area contributed by atoms with Crippen molar-refractivity contribution >= 4 is 105 Å². The highest BCUT2D eigenvalue weighted by atomic mass is 35.5. The SMILES string of the molecule is CC(=O)c1ccc(-c2ccc(OCCN)c(Cl)c2)s1.CC(=O)c1ccc(-c2ccc(OCCNC(=O)/C=C/c3cccnc3Cl)c(Cl)c2)s1.O=C(O)/C=C/c1cccnc1Cl. The number of hydrogen-bond donors (Lipinski definition) is 3. The van der Waals surface area contributed by atoms with E-state index in [0.29, 0.717) is 67.6 Å². The summed E-state index contributed by atoms with van der Waals surface area (Å²) in [4.78, 5) is 55.9. The largest absolute Gasteiger partial charge is 0.491 e. The summed E-state index contributed by atoms with van der Waals surface area (Å²) in [6.07, 6.45) is 8.53. The molecule has 4 heterocycles. The van der Waals surface area contributed by atoms with Gasteiger partial charge in [0.15, 0.2) is 11.6 Å². The lowest BCUT2D eigenvalue weighted by molar-refractivity contribution is -0.131. The molecule has 6 rings (SSSR count). The van der Waals surface area contributed by atoms with Gasteiger partial charge in [0.1, 0.15) is 35.0 Å². The van der Waals surface area contributed by atoms with Gasteiger partial charge in [-0.3, -0.25) is 14.4 Å². The average molecular weight is 941 g/mol. The highest BCUT2D eigenvalue weighted by Gasteiger charge is 2.11. The molecule has 0 bridgehead atoms. The first-order chi connectivity index (χ1) is 29.2. The minimum Gasteiger partial charge on any atom is -0.491 e. The molecule has 0 radical (unpaired) electrons. The van der Waals surface area contributed by atoms with E-state index in [-0.39, 0.29) is 24.1 Å². The number of carboxylic acid groups (broad SMARTS) is 1. The van der Waals surface area contributed by atoms with E-state index in [9.17, 15) is 19.2 Å². The number of thiophene rings is 2. The van der Waals surface area contributed by atoms with Gasteiger partial charge in [-0.2, -0.15) is 0 Å². The number of halogens is 4. The van der Waals surface area contributed by atoms with Crippen molar-refractivity contribution < 1.29 is 33.8 Å². The Balaban J connectivity index is 0.000000224. The number of pyridine rings is 2. The maximum absolute atomic E-state index is 11.9. The summed E-state index contributed by atoms with van der Waals surface area (Å²) in [6, 6.07) is 25.4. The van der Waals surface area contributed by atoms with E-state index < -0.39 is 5.97 Å². The van der Waals surface area contributed by atoms with Gasteiger partial charge in [-0.15, -0.1) is 22.7 Å². The zero-order valence-electron chi connectivity index (χ0n) is 32.6. The van der Waals surface area contributed by atoms with Crippen molar-refractivity contribution in [1.29, 1.82) is 0 Å². The van der Waals surface area contributed by atoms with E-state index in [1.165, 1.54) is 34.8 Å². The molecule has 0 saturated carbocycles. The fourth-order valence-electron chi connectivity index (χ4n) is 4.84. The minimum absolute atomic E-state index is 0.0396. The summed E-state index contributed by atoms with van der Waals surface area (Å²) >= 11 is 26.9. The topological polar surface area (TPSA) is 171 Å². The van der Waals surface area contributed by atoms with Crippen LogP contribution in [0.2, 0.25) is 20.4 Å². The molecular weight excluding hydrogens is 902 g/mol. The lowest BCUT2D eigenvalue weighted by Gasteiger charge is -2.09. The summed E-state index contributed by atoms with van der Waals surface area (Å²) in [5.41, 5.74) is 8.53. The molecule has 316 valence electrons. The third-order valence-corrected chi connectivity index (χ3v) is 11.5. The number of nitrogens with one attached hydrogen (secondary N) is 1. The number of Topliss-reactive ketones (excluding diaryl/α,β-unsaturated/α-hetero) is 2. The zero-order valence-corrected chi connectivity index (χ0v) is 37.2. The van der Waals surface area contributed by atoms with Crippen LogP contribution in [0.25, 0.3) is 33.0 Å². The Labute approximate surface area is 380 Å². The van der Waals surface area contributed by atoms with Gasteiger partial charge in [0.2, 0.25) is 5.91 Å². The smallest absolute Gasteiger partial charge is 0.328 e. The molecule has 0 saturated heterocycles. The van der Waals surface area contributed by atoms with Crippen molar-refractivity contribution in [2.45, 2.75) is 13.8 Å². The molecular formula is C44H38Cl4N4O7S2. The highest BCUT2D eigenvalue weighted by molar-refractivity contribution is 7.17. The van der Waals surface area contributed by atoms with Crippen LogP contribution in [0.4, 0.5) is 0 Å². The Kier molecular flexibility index (Phi) is 19.6. The molecule has 0 spiro atoms. The van der Waals surface area contributed by atoms with Crippen LogP contribution < -0.4 is 20.5 Å². The van der Waals surface area contributed by atoms with E-state index >= 15 is 0 Å². The first-order valence-electron chi connectivity index (χ1n) is 18.1. The lowest BCUT2D eigenvalue weighted by atomic mass is 10.2. The van der Waals surface area contributed by atoms with Crippen LogP contribution in [-0.2, 0) is 9.59 Å². The summed E-state index contributed by atoms with van der Waals surface area (Å²) in [6.45, 7) is 4.57. The fraction of sp³-hybridized carbons (Fsp3) is 0.136. The van der Waals surface area contributed by atoms with Crippen LogP contribution >= 0.6 is 69.1 Å². The number of aromatic nitrogens is 2. The molecule has 6 aromatic rings. The van der Waals surface area contributed by atoms with Gasteiger partial charge >= 0.3 is 5.97 Å². The third kappa shape index (κ3) is 15.9. The van der Waals surface area contributed by atoms with Crippen LogP contribution in [0.5, 0.6) is 11.5 Å². The van der Waals surface area contributed by atoms with E-state index in [2.05, 4.69) is 15.3 Å². The third-order valence-electron chi connectivity index (χ3n) is 7.77. The van der Waals surface area contributed by atoms with Gasteiger partial charge in [0, 0.05) is 52.0 Å². The minimum atomic E-state index is -1.00. The molecule has 0 unspecified atom stereocenters. The number of carbonyl (C=O) groups is 4. The number of carbonyl (C=O) groups excluding carboxylic acids is 3. The summed E-state index contributed by atoms with van der Waals surface area (Å²) < 4.78 is 11.1. The van der Waals surface area contributed by atoms with E-state index in [0.717, 1.165) is 31.8 Å². The Bertz CT molecular complexity index is 2520. The number of hydrogen-bond acceptors (Lipinski definition) is 11. The van der Waals surface area contributed by atoms with Gasteiger partial charge in [-0.25, -0.2) is 14.8 Å². The Morgan fingerprint density at radius 3 is 1.57 bits per heavy atom. The molecule has 2 aromatic carbocycles. The Morgan fingerprint density at radius 2 is 1.16 bits per heavy atom. The Hall–Kier alpha value is -5.38. The van der Waals surface area contributed by atoms with Crippen LogP contribution in [0.15, 0.2) is 109 Å². The second-order valence-corrected chi connectivity index (χ2v) is 16.0. The molecule has 4 aromatic heterocycles. The van der Waals surface area contributed by atoms with Gasteiger partial charge in [-0.05, 0) is 110 Å². The number of benzene rings is 2. The molecule has 0 aliphatic rings. The number of nitrogens with two attached hydrogens (primary N) is 1. The quantitative estimate of drug-likeness (QED) is 0.0390. The van der Waals surface area contributed by atoms with Crippen molar-refractivity contribution in [2.75, 3.05) is 26.3 Å². The van der Waals surface area contributed by atoms with E-state index in [1.807, 2.05) is 42.5 Å². The normalized spacial score (nSPS) is 10.7. The number of aliphatic carboxylic acids is 1. The van der Waals surface area contributed by atoms with Gasteiger partial charge in [-0.1, -0.05) is 58.5 Å². The molecule has 61 heavy (non-hydrogen) atoms. The van der Waals surface area contributed by atoms with Crippen LogP contribution in [0.3, 0.4) is 0 Å². The zero-order chi connectivity index (χ0) is 44.3. The monoisotopic (exact) mass is 938 g/mol. The van der Waals surface area contributed by atoms with E-state index in [4.69, 9.17) is 66.7 Å². The lowest BCUT2D eigenvalue weighted by Crippen LogP contribution is -2.26. The average Bonchev–Trinajstić information content (AvgIpc) is 3.95. The first-order valence-corrected chi connectivity index (χ1v) is 21.2. The summed E-state index contributed by atoms with van der Waals surface area (Å²) in [7, 11) is 0. The second kappa shape index (κ2) is 24.8. The maximum atomic E-state index is 11.9. The van der Waals surface area contributed by atoms with Crippen molar-refractivity contribution in [3.05, 3.63) is 151 Å². The summed E-state index contributed by atoms with van der Waals surface area (Å²) in [5, 5.41) is 12.7. The number of amides is 1. The van der Waals surface area contributed by atoms with Crippen molar-refractivity contribution in [3.63, 3.8) is 0 Å². The predicted molar refractivity (Wildman–Crippen MR) is 247 cm³/mol. The molecule has 1 amide bonds. The number of rotatable bonds is 15. The molecule has 17 heteroatoms. The molecule has 0 atom stereocenters. The maximum Gasteiger partial charge on any atom is 0.328 e. The molecule has 0 fully saturated rings. The standard InChI is InChI=1S/C22H18Cl2N2O3S.C14H14ClNO2S.C8H6ClNO2/c1-14(27)19-7-8-20(30-19)16-4-6-18(17(23)13-16)29-12-11-25-21(28)9-5-15-3-2-10-26-22(15)24;1-9(17)13-4-5-14(19-13)10-2-3-12(11(15)8-10)18-7-6-16;9-8-6(2-1-5-10-8)3-4-7(11)12/h2-10,13H,11-12H2,1H3,(H,25,28);2-5,8H,6-7,16H2,1H3;1-5H,(H,11,12)/b9-5+;;4-3+. The van der Waals surface area contributed by atoms with Crippen LogP contribution in [-0.4, -0.2) is 64.8 Å².